The van der Waals surface area contributed by atoms with E-state index in [2.05, 4.69) is 28.0 Å². The first-order chi connectivity index (χ1) is 18.1. The highest BCUT2D eigenvalue weighted by molar-refractivity contribution is 6.34. The van der Waals surface area contributed by atoms with E-state index in [0.29, 0.717) is 29.1 Å². The van der Waals surface area contributed by atoms with E-state index < -0.39 is 5.60 Å². The number of aryl methyl sites for hydroxylation is 1. The molecule has 2 fully saturated rings. The summed E-state index contributed by atoms with van der Waals surface area (Å²) in [5.74, 6) is -0.0895. The Balaban J connectivity index is 1.27. The third-order valence-corrected chi connectivity index (χ3v) is 8.26. The number of carbonyl (C=O) groups excluding carboxylic acids is 2. The van der Waals surface area contributed by atoms with Gasteiger partial charge in [0.25, 0.3) is 0 Å². The van der Waals surface area contributed by atoms with Gasteiger partial charge in [0.2, 0.25) is 5.91 Å². The zero-order chi connectivity index (χ0) is 27.0. The van der Waals surface area contributed by atoms with Crippen LogP contribution < -0.4 is 9.80 Å². The van der Waals surface area contributed by atoms with Crippen LogP contribution >= 0.6 is 23.2 Å². The third kappa shape index (κ3) is 6.13. The lowest BCUT2D eigenvalue weighted by Gasteiger charge is -2.40. The van der Waals surface area contributed by atoms with Crippen molar-refractivity contribution in [3.8, 4) is 0 Å². The molecule has 0 spiro atoms. The Morgan fingerprint density at radius 3 is 2.34 bits per heavy atom. The molecule has 2 aliphatic heterocycles. The van der Waals surface area contributed by atoms with Crippen molar-refractivity contribution in [1.29, 1.82) is 0 Å². The first-order valence-electron chi connectivity index (χ1n) is 13.7. The zero-order valence-corrected chi connectivity index (χ0v) is 24.0. The van der Waals surface area contributed by atoms with E-state index in [4.69, 9.17) is 27.9 Å². The summed E-state index contributed by atoms with van der Waals surface area (Å²) in [6.45, 7) is 8.56. The molecule has 1 unspecified atom stereocenters. The summed E-state index contributed by atoms with van der Waals surface area (Å²) in [6.07, 6.45) is 4.99. The number of amides is 1. The lowest BCUT2D eigenvalue weighted by atomic mass is 10.1. The molecule has 0 aromatic heterocycles. The second-order valence-electron chi connectivity index (χ2n) is 11.7. The van der Waals surface area contributed by atoms with Gasteiger partial charge in [0.15, 0.2) is 0 Å². The molecule has 1 saturated carbocycles. The van der Waals surface area contributed by atoms with E-state index in [1.54, 1.807) is 0 Å². The lowest BCUT2D eigenvalue weighted by Crippen LogP contribution is -2.51. The highest BCUT2D eigenvalue weighted by Gasteiger charge is 2.39. The number of esters is 1. The molecule has 1 saturated heterocycles. The number of hydrogen-bond donors (Lipinski definition) is 0. The summed E-state index contributed by atoms with van der Waals surface area (Å²) >= 11 is 13.3. The van der Waals surface area contributed by atoms with Crippen LogP contribution in [-0.2, 0) is 27.3 Å². The number of hydrogen-bond acceptors (Lipinski definition) is 5. The van der Waals surface area contributed by atoms with Crippen LogP contribution in [0.5, 0.6) is 0 Å². The number of halogens is 2. The summed E-state index contributed by atoms with van der Waals surface area (Å²) in [6, 6.07) is 12.5. The molecule has 0 radical (unpaired) electrons. The number of fused-ring (bicyclic) bond motifs is 1. The van der Waals surface area contributed by atoms with Gasteiger partial charge in [-0.25, -0.2) is 0 Å². The topological polar surface area (TPSA) is 53.1 Å². The maximum absolute atomic E-state index is 13.9. The standard InChI is InChI=1S/C30H37Cl2N3O3/c1-30(2,3)38-28(36)13-10-20-17-24(32)21(18-23(20)31)19-33-14-6-9-27(33)29(37)35-16-15-34(22-11-12-22)25-7-4-5-8-26(25)35/h4-5,7-8,17-18,22,27H,6,9-16,19H2,1-3H3. The molecule has 6 nitrogen and oxygen atoms in total. The van der Waals surface area contributed by atoms with Gasteiger partial charge in [0.1, 0.15) is 5.60 Å². The van der Waals surface area contributed by atoms with Crippen molar-refractivity contribution in [3.05, 3.63) is 57.6 Å². The van der Waals surface area contributed by atoms with Crippen LogP contribution in [0.3, 0.4) is 0 Å². The number of carbonyl (C=O) groups is 2. The minimum atomic E-state index is -0.515. The molecule has 0 bridgehead atoms. The fraction of sp³-hybridized carbons (Fsp3) is 0.533. The molecule has 5 rings (SSSR count). The SMILES string of the molecule is CC(C)(C)OC(=O)CCc1cc(Cl)c(CN2CCCC2C(=O)N2CCN(C3CC3)c3ccccc32)cc1Cl. The molecule has 2 aromatic rings. The van der Waals surface area contributed by atoms with Crippen molar-refractivity contribution in [2.75, 3.05) is 29.4 Å². The van der Waals surface area contributed by atoms with Crippen LogP contribution in [0.2, 0.25) is 10.0 Å². The van der Waals surface area contributed by atoms with Crippen molar-refractivity contribution in [2.45, 2.75) is 83.5 Å². The largest absolute Gasteiger partial charge is 0.460 e. The van der Waals surface area contributed by atoms with Crippen LogP contribution in [0.25, 0.3) is 0 Å². The Bertz CT molecular complexity index is 1210. The molecule has 38 heavy (non-hydrogen) atoms. The summed E-state index contributed by atoms with van der Waals surface area (Å²) < 4.78 is 5.41. The van der Waals surface area contributed by atoms with Gasteiger partial charge in [-0.1, -0.05) is 35.3 Å². The smallest absolute Gasteiger partial charge is 0.306 e. The molecule has 204 valence electrons. The van der Waals surface area contributed by atoms with E-state index >= 15 is 0 Å². The zero-order valence-electron chi connectivity index (χ0n) is 22.5. The Hall–Kier alpha value is -2.28. The molecule has 2 aromatic carbocycles. The Morgan fingerprint density at radius 1 is 0.947 bits per heavy atom. The molecule has 1 atom stereocenters. The molecule has 3 aliphatic rings. The average Bonchev–Trinajstić information content (AvgIpc) is 3.61. The fourth-order valence-electron chi connectivity index (χ4n) is 5.64. The first kappa shape index (κ1) is 27.3. The van der Waals surface area contributed by atoms with Gasteiger partial charge in [-0.05, 0) is 94.8 Å². The normalized spacial score (nSPS) is 20.0. The molecule has 2 heterocycles. The van der Waals surface area contributed by atoms with E-state index in [9.17, 15) is 9.59 Å². The summed E-state index contributed by atoms with van der Waals surface area (Å²) in [7, 11) is 0. The molecule has 1 amide bonds. The van der Waals surface area contributed by atoms with Gasteiger partial charge >= 0.3 is 5.97 Å². The highest BCUT2D eigenvalue weighted by atomic mass is 35.5. The van der Waals surface area contributed by atoms with Crippen LogP contribution in [0, 0.1) is 0 Å². The van der Waals surface area contributed by atoms with E-state index in [1.165, 1.54) is 18.5 Å². The van der Waals surface area contributed by atoms with E-state index in [-0.39, 0.29) is 24.3 Å². The van der Waals surface area contributed by atoms with Gasteiger partial charge in [0, 0.05) is 42.1 Å². The van der Waals surface area contributed by atoms with Crippen molar-refractivity contribution in [3.63, 3.8) is 0 Å². The predicted molar refractivity (Wildman–Crippen MR) is 153 cm³/mol. The molecule has 1 aliphatic carbocycles. The Labute approximate surface area is 235 Å². The Kier molecular flexibility index (Phi) is 7.95. The van der Waals surface area contributed by atoms with Gasteiger partial charge in [-0.15, -0.1) is 0 Å². The second kappa shape index (κ2) is 11.1. The van der Waals surface area contributed by atoms with Gasteiger partial charge in [0.05, 0.1) is 17.4 Å². The quantitative estimate of drug-likeness (QED) is 0.376. The molecule has 0 N–H and O–H groups in total. The number of anilines is 2. The number of rotatable bonds is 7. The predicted octanol–water partition coefficient (Wildman–Crippen LogP) is 6.25. The maximum atomic E-state index is 13.9. The fourth-order valence-corrected chi connectivity index (χ4v) is 6.17. The number of likely N-dealkylation sites (tertiary alicyclic amines) is 1. The lowest BCUT2D eigenvalue weighted by molar-refractivity contribution is -0.154. The Morgan fingerprint density at radius 2 is 1.63 bits per heavy atom. The minimum Gasteiger partial charge on any atom is -0.460 e. The number of para-hydroxylation sites is 2. The summed E-state index contributed by atoms with van der Waals surface area (Å²) in [5.41, 5.74) is 3.41. The van der Waals surface area contributed by atoms with Gasteiger partial charge in [-0.3, -0.25) is 14.5 Å². The third-order valence-electron chi connectivity index (χ3n) is 7.56. The van der Waals surface area contributed by atoms with Gasteiger partial charge in [-0.2, -0.15) is 0 Å². The van der Waals surface area contributed by atoms with Crippen LogP contribution in [0.15, 0.2) is 36.4 Å². The summed E-state index contributed by atoms with van der Waals surface area (Å²) in [5, 5.41) is 1.19. The second-order valence-corrected chi connectivity index (χ2v) is 12.5. The van der Waals surface area contributed by atoms with E-state index in [0.717, 1.165) is 49.3 Å². The van der Waals surface area contributed by atoms with E-state index in [1.807, 2.05) is 43.9 Å². The van der Waals surface area contributed by atoms with Crippen molar-refractivity contribution in [2.24, 2.45) is 0 Å². The van der Waals surface area contributed by atoms with Crippen molar-refractivity contribution < 1.29 is 14.3 Å². The monoisotopic (exact) mass is 557 g/mol. The average molecular weight is 559 g/mol. The number of ether oxygens (including phenoxy) is 1. The van der Waals surface area contributed by atoms with Crippen LogP contribution in [0.1, 0.15) is 64.0 Å². The number of nitrogens with zero attached hydrogens (tertiary/aromatic N) is 3. The molecular formula is C30H37Cl2N3O3. The minimum absolute atomic E-state index is 0.168. The highest BCUT2D eigenvalue weighted by Crippen LogP contribution is 2.40. The van der Waals surface area contributed by atoms with Gasteiger partial charge < -0.3 is 14.5 Å². The first-order valence-corrected chi connectivity index (χ1v) is 14.5. The number of benzene rings is 2. The van der Waals surface area contributed by atoms with Crippen LogP contribution in [0.4, 0.5) is 11.4 Å². The van der Waals surface area contributed by atoms with Crippen molar-refractivity contribution in [1.82, 2.24) is 4.90 Å². The molecular weight excluding hydrogens is 521 g/mol. The molecule has 8 heteroatoms. The van der Waals surface area contributed by atoms with Crippen molar-refractivity contribution >= 4 is 46.5 Å². The maximum Gasteiger partial charge on any atom is 0.306 e. The van der Waals surface area contributed by atoms with Crippen LogP contribution in [-0.4, -0.2) is 54.1 Å². The summed E-state index contributed by atoms with van der Waals surface area (Å²) in [4.78, 5) is 32.7.